The number of hydrazine groups is 1. The highest BCUT2D eigenvalue weighted by Crippen LogP contribution is 2.42. The minimum Gasteiger partial charge on any atom is -0.508 e. The lowest BCUT2D eigenvalue weighted by Crippen LogP contribution is -2.62. The molecule has 0 saturated carbocycles. The second-order valence-corrected chi connectivity index (χ2v) is 19.5. The highest BCUT2D eigenvalue weighted by molar-refractivity contribution is 5.99. The lowest BCUT2D eigenvalue weighted by molar-refractivity contribution is -0.155. The van der Waals surface area contributed by atoms with Crippen molar-refractivity contribution in [2.45, 2.75) is 104 Å². The molecule has 69 heavy (non-hydrogen) atoms. The Bertz CT molecular complexity index is 2770. The third-order valence-electron chi connectivity index (χ3n) is 13.3. The molecule has 17 nitrogen and oxygen atoms in total. The van der Waals surface area contributed by atoms with Crippen molar-refractivity contribution in [2.75, 3.05) is 39.2 Å². The van der Waals surface area contributed by atoms with Crippen molar-refractivity contribution in [3.8, 4) is 28.1 Å². The molecule has 1 unspecified atom stereocenters. The number of ether oxygens (including phenoxy) is 2. The number of carbonyl (C=O) groups is 5. The van der Waals surface area contributed by atoms with Crippen molar-refractivity contribution in [3.63, 3.8) is 0 Å². The first-order valence-electron chi connectivity index (χ1n) is 23.7. The summed E-state index contributed by atoms with van der Waals surface area (Å²) >= 11 is 0. The number of rotatable bonds is 11. The maximum Gasteiger partial charge on any atom is 0.324 e. The summed E-state index contributed by atoms with van der Waals surface area (Å²) in [5, 5.41) is 22.4. The van der Waals surface area contributed by atoms with E-state index in [0.29, 0.717) is 49.2 Å². The first kappa shape index (κ1) is 48.8. The van der Waals surface area contributed by atoms with E-state index in [4.69, 9.17) is 14.5 Å². The predicted molar refractivity (Wildman–Crippen MR) is 261 cm³/mol. The van der Waals surface area contributed by atoms with E-state index in [-0.39, 0.29) is 49.1 Å². The van der Waals surface area contributed by atoms with Crippen LogP contribution in [-0.4, -0.2) is 117 Å². The van der Waals surface area contributed by atoms with Gasteiger partial charge in [-0.3, -0.25) is 34.0 Å². The van der Waals surface area contributed by atoms with Crippen LogP contribution in [0.3, 0.4) is 0 Å². The van der Waals surface area contributed by atoms with Gasteiger partial charge in [-0.15, -0.1) is 0 Å². The van der Waals surface area contributed by atoms with E-state index < -0.39 is 53.1 Å². The molecule has 2 fully saturated rings. The first-order valence-corrected chi connectivity index (χ1v) is 23.7. The molecule has 8 rings (SSSR count). The van der Waals surface area contributed by atoms with Gasteiger partial charge in [-0.05, 0) is 110 Å². The summed E-state index contributed by atoms with van der Waals surface area (Å²) in [6, 6.07) is 15.1. The van der Waals surface area contributed by atoms with E-state index in [2.05, 4.69) is 69.9 Å². The van der Waals surface area contributed by atoms with E-state index >= 15 is 0 Å². The van der Waals surface area contributed by atoms with Gasteiger partial charge in [0.25, 0.3) is 11.8 Å². The van der Waals surface area contributed by atoms with Crippen LogP contribution < -0.4 is 21.4 Å². The highest BCUT2D eigenvalue weighted by Gasteiger charge is 2.38. The molecule has 364 valence electrons. The van der Waals surface area contributed by atoms with Crippen LogP contribution in [0.2, 0.25) is 0 Å². The Morgan fingerprint density at radius 3 is 2.52 bits per heavy atom. The number of likely N-dealkylation sites (N-methyl/N-ethyl adjacent to an activating group) is 1. The summed E-state index contributed by atoms with van der Waals surface area (Å²) in [4.78, 5) is 79.8. The Kier molecular flexibility index (Phi) is 14.2. The van der Waals surface area contributed by atoms with Crippen LogP contribution in [0.25, 0.3) is 33.3 Å². The molecular formula is C52H63N9O8. The molecule has 6 bridgehead atoms. The van der Waals surface area contributed by atoms with Crippen LogP contribution >= 0.6 is 0 Å². The Labute approximate surface area is 402 Å². The number of aromatic nitrogens is 3. The Morgan fingerprint density at radius 2 is 1.83 bits per heavy atom. The molecule has 3 aliphatic heterocycles. The van der Waals surface area contributed by atoms with Gasteiger partial charge in [0, 0.05) is 68.3 Å². The third kappa shape index (κ3) is 10.5. The van der Waals surface area contributed by atoms with Crippen molar-refractivity contribution in [3.05, 3.63) is 95.6 Å². The largest absolute Gasteiger partial charge is 0.508 e. The minimum absolute atomic E-state index is 0.0251. The van der Waals surface area contributed by atoms with E-state index in [1.54, 1.807) is 45.4 Å². The number of nitrogens with one attached hydrogen (secondary N) is 4. The number of aromatic hydroxyl groups is 1. The van der Waals surface area contributed by atoms with Crippen molar-refractivity contribution >= 4 is 46.2 Å². The SMILES string of the molecule is CCn1c(-c2cccnc2[C@H](C)OC)c2c3cc(ccc31)-c1cc(O)cc(c1)C[C@H](NC(=O)[C@H](C(C)C)N(C)C(=O)c1ccc(NC(=O)C3CN3)cn1)C(=O)N1CCC[C@H](N1)C(=O)OCC(C)(C)C2. The highest BCUT2D eigenvalue weighted by atomic mass is 16.5. The average Bonchev–Trinajstić information content (AvgIpc) is 4.15. The molecule has 0 spiro atoms. The van der Waals surface area contributed by atoms with Crippen LogP contribution in [0.4, 0.5) is 5.69 Å². The summed E-state index contributed by atoms with van der Waals surface area (Å²) in [7, 11) is 3.18. The van der Waals surface area contributed by atoms with Gasteiger partial charge in [-0.25, -0.2) is 10.4 Å². The van der Waals surface area contributed by atoms with Gasteiger partial charge < -0.3 is 40.0 Å². The number of benzene rings is 2. The zero-order chi connectivity index (χ0) is 49.3. The Balaban J connectivity index is 1.17. The Hall–Kier alpha value is -6.69. The fourth-order valence-electron chi connectivity index (χ4n) is 9.62. The molecule has 5 N–H and O–H groups in total. The second-order valence-electron chi connectivity index (χ2n) is 19.5. The zero-order valence-electron chi connectivity index (χ0n) is 40.6. The van der Waals surface area contributed by atoms with Crippen LogP contribution in [-0.2, 0) is 48.0 Å². The Morgan fingerprint density at radius 1 is 1.04 bits per heavy atom. The van der Waals surface area contributed by atoms with Gasteiger partial charge >= 0.3 is 5.97 Å². The van der Waals surface area contributed by atoms with Crippen molar-refractivity contribution in [1.29, 1.82) is 0 Å². The molecule has 2 saturated heterocycles. The molecule has 4 amide bonds. The average molecular weight is 942 g/mol. The van der Waals surface area contributed by atoms with Gasteiger partial charge in [0.1, 0.15) is 29.6 Å². The molecule has 3 aliphatic rings. The number of cyclic esters (lactones) is 1. The number of nitrogens with zero attached hydrogens (tertiary/aromatic N) is 5. The van der Waals surface area contributed by atoms with Crippen LogP contribution in [0.15, 0.2) is 73.1 Å². The number of phenolic OH excluding ortho intramolecular Hbond substituents is 1. The number of amides is 4. The monoisotopic (exact) mass is 941 g/mol. The number of pyridine rings is 2. The predicted octanol–water partition coefficient (Wildman–Crippen LogP) is 5.55. The van der Waals surface area contributed by atoms with Gasteiger partial charge in [-0.1, -0.05) is 39.8 Å². The molecular weight excluding hydrogens is 879 g/mol. The van der Waals surface area contributed by atoms with Crippen molar-refractivity contribution < 1.29 is 38.6 Å². The molecule has 17 heteroatoms. The fraction of sp³-hybridized carbons (Fsp3) is 0.442. The fourth-order valence-corrected chi connectivity index (χ4v) is 9.62. The molecule has 5 atom stereocenters. The smallest absolute Gasteiger partial charge is 0.324 e. The number of anilines is 1. The van der Waals surface area contributed by atoms with Gasteiger partial charge in [-0.2, -0.15) is 0 Å². The number of aryl methyl sites for hydroxylation is 1. The summed E-state index contributed by atoms with van der Waals surface area (Å²) in [6.45, 7) is 13.4. The second kappa shape index (κ2) is 20.1. The molecule has 0 radical (unpaired) electrons. The standard InChI is InChI=1S/C52H63N9O8/c1-9-60-43-17-14-32-24-37(43)38(46(60)36-12-10-18-53-44(36)30(4)68-8)25-52(5,6)28-69-51(67)40-13-11-19-61(58-40)50(66)41(22-31-20-33(32)23-35(62)21-31)57-48(64)45(29(2)3)59(7)49(65)39-16-15-34(26-54-39)56-47(63)42-27-55-42/h10,12,14-18,20-21,23-24,26,29-30,40-42,45,55,58,62H,9,11,13,19,22,25,27-28H2,1-8H3,(H,56,63)(H,57,64)/t30-,40-,41-,42?,45-/m0/s1. The number of carbonyl (C=O) groups excluding carboxylic acids is 5. The zero-order valence-corrected chi connectivity index (χ0v) is 40.6. The van der Waals surface area contributed by atoms with E-state index in [1.807, 2.05) is 25.1 Å². The van der Waals surface area contributed by atoms with Crippen LogP contribution in [0.5, 0.6) is 5.75 Å². The normalized spacial score (nSPS) is 20.1. The van der Waals surface area contributed by atoms with Crippen LogP contribution in [0.1, 0.15) is 87.8 Å². The van der Waals surface area contributed by atoms with E-state index in [9.17, 15) is 29.1 Å². The van der Waals surface area contributed by atoms with Gasteiger partial charge in [0.2, 0.25) is 11.8 Å². The van der Waals surface area contributed by atoms with Crippen molar-refractivity contribution in [1.82, 2.24) is 40.5 Å². The van der Waals surface area contributed by atoms with E-state index in [0.717, 1.165) is 39.0 Å². The van der Waals surface area contributed by atoms with Crippen LogP contribution in [0, 0.1) is 11.3 Å². The van der Waals surface area contributed by atoms with Crippen molar-refractivity contribution in [2.24, 2.45) is 11.3 Å². The number of methoxy groups -OCH3 is 1. The molecule has 5 aromatic rings. The quantitative estimate of drug-likeness (QED) is 0.0813. The first-order chi connectivity index (χ1) is 33.0. The summed E-state index contributed by atoms with van der Waals surface area (Å²) in [5.41, 5.74) is 9.93. The molecule has 0 aliphatic carbocycles. The number of hydrogen-bond donors (Lipinski definition) is 5. The summed E-state index contributed by atoms with van der Waals surface area (Å²) in [5.74, 6) is -2.73. The summed E-state index contributed by atoms with van der Waals surface area (Å²) in [6.07, 6.45) is 4.29. The number of esters is 1. The lowest BCUT2D eigenvalue weighted by Gasteiger charge is -2.36. The van der Waals surface area contributed by atoms with Gasteiger partial charge in [0.05, 0.1) is 42.0 Å². The maximum absolute atomic E-state index is 14.7. The number of phenols is 1. The molecule has 2 aromatic carbocycles. The lowest BCUT2D eigenvalue weighted by atomic mass is 9.84. The molecule has 6 heterocycles. The number of fused-ring (bicyclic) bond motifs is 6. The topological polar surface area (TPSA) is 219 Å². The minimum atomic E-state index is -1.20. The molecule has 3 aromatic heterocycles. The third-order valence-corrected chi connectivity index (χ3v) is 13.3. The summed E-state index contributed by atoms with van der Waals surface area (Å²) < 4.78 is 14.2. The number of hydrogen-bond acceptors (Lipinski definition) is 12. The maximum atomic E-state index is 14.7. The van der Waals surface area contributed by atoms with Gasteiger partial charge in [0.15, 0.2) is 0 Å². The van der Waals surface area contributed by atoms with E-state index in [1.165, 1.54) is 29.2 Å².